The van der Waals surface area contributed by atoms with Crippen molar-refractivity contribution in [2.45, 2.75) is 18.3 Å². The summed E-state index contributed by atoms with van der Waals surface area (Å²) in [4.78, 5) is 6.88. The number of rotatable bonds is 3. The zero-order valence-electron chi connectivity index (χ0n) is 16.0. The van der Waals surface area contributed by atoms with E-state index in [-0.39, 0.29) is 0 Å². The second-order valence-electron chi connectivity index (χ2n) is 7.57. The Bertz CT molecular complexity index is 1180. The van der Waals surface area contributed by atoms with Gasteiger partial charge in [-0.2, -0.15) is 10.4 Å². The van der Waals surface area contributed by atoms with Crippen molar-refractivity contribution in [3.8, 4) is 17.3 Å². The molecule has 0 aliphatic carbocycles. The Labute approximate surface area is 169 Å². The molecular weight excluding hydrogens is 358 g/mol. The number of nitriles is 1. The number of aromatic nitrogens is 3. The molecule has 1 fully saturated rings. The normalized spacial score (nSPS) is 15.9. The number of hydrogen-bond donors (Lipinski definition) is 1. The summed E-state index contributed by atoms with van der Waals surface area (Å²) in [7, 11) is 0. The minimum absolute atomic E-state index is 0.409. The van der Waals surface area contributed by atoms with Crippen LogP contribution in [0.1, 0.15) is 18.4 Å². The van der Waals surface area contributed by atoms with E-state index in [1.165, 1.54) is 0 Å². The number of benzene rings is 2. The van der Waals surface area contributed by atoms with E-state index < -0.39 is 5.41 Å². The van der Waals surface area contributed by atoms with Gasteiger partial charge in [-0.05, 0) is 36.6 Å². The monoisotopic (exact) mass is 379 g/mol. The van der Waals surface area contributed by atoms with Crippen LogP contribution in [0.2, 0.25) is 0 Å². The molecule has 1 aliphatic rings. The Morgan fingerprint density at radius 2 is 1.72 bits per heavy atom. The van der Waals surface area contributed by atoms with Gasteiger partial charge < -0.3 is 4.90 Å². The van der Waals surface area contributed by atoms with Gasteiger partial charge in [0.1, 0.15) is 11.5 Å². The van der Waals surface area contributed by atoms with Gasteiger partial charge in [-0.1, -0.05) is 48.5 Å². The number of nitrogens with one attached hydrogen (secondary N) is 1. The van der Waals surface area contributed by atoms with Crippen LogP contribution in [0, 0.1) is 11.3 Å². The predicted octanol–water partition coefficient (Wildman–Crippen LogP) is 4.69. The fraction of sp³-hybridized carbons (Fsp3) is 0.208. The lowest BCUT2D eigenvalue weighted by molar-refractivity contribution is 0.414. The number of fused-ring (bicyclic) bond motifs is 1. The van der Waals surface area contributed by atoms with Gasteiger partial charge in [0.15, 0.2) is 0 Å². The summed E-state index contributed by atoms with van der Waals surface area (Å²) in [6.07, 6.45) is 3.44. The molecule has 5 nitrogen and oxygen atoms in total. The quantitative estimate of drug-likeness (QED) is 0.561. The smallest absolute Gasteiger partial charge is 0.129 e. The van der Waals surface area contributed by atoms with Crippen LogP contribution in [0.25, 0.3) is 22.2 Å². The molecule has 1 N–H and O–H groups in total. The average Bonchev–Trinajstić information content (AvgIpc) is 3.24. The van der Waals surface area contributed by atoms with Gasteiger partial charge in [-0.3, -0.25) is 5.10 Å². The molecule has 0 bridgehead atoms. The van der Waals surface area contributed by atoms with Gasteiger partial charge in [-0.15, -0.1) is 0 Å². The summed E-state index contributed by atoms with van der Waals surface area (Å²) < 4.78 is 0. The molecule has 1 aliphatic heterocycles. The fourth-order valence-electron chi connectivity index (χ4n) is 4.26. The highest BCUT2D eigenvalue weighted by Crippen LogP contribution is 2.36. The first kappa shape index (κ1) is 17.4. The van der Waals surface area contributed by atoms with Crippen LogP contribution in [0.15, 0.2) is 72.9 Å². The molecule has 5 rings (SSSR count). The van der Waals surface area contributed by atoms with E-state index in [0.29, 0.717) is 0 Å². The first-order valence-electron chi connectivity index (χ1n) is 9.90. The Balaban J connectivity index is 1.41. The van der Waals surface area contributed by atoms with Crippen LogP contribution in [-0.2, 0) is 5.41 Å². The topological polar surface area (TPSA) is 68.6 Å². The molecule has 4 aromatic rings. The Morgan fingerprint density at radius 1 is 0.966 bits per heavy atom. The number of para-hydroxylation sites is 1. The fourth-order valence-corrected chi connectivity index (χ4v) is 4.26. The van der Waals surface area contributed by atoms with Gasteiger partial charge in [0.2, 0.25) is 0 Å². The second kappa shape index (κ2) is 7.06. The highest BCUT2D eigenvalue weighted by Gasteiger charge is 2.36. The summed E-state index contributed by atoms with van der Waals surface area (Å²) in [6, 6.07) is 25.0. The van der Waals surface area contributed by atoms with Crippen molar-refractivity contribution in [3.63, 3.8) is 0 Å². The average molecular weight is 379 g/mol. The third kappa shape index (κ3) is 3.03. The molecule has 1 saturated heterocycles. The number of anilines is 1. The Morgan fingerprint density at radius 3 is 2.52 bits per heavy atom. The van der Waals surface area contributed by atoms with E-state index in [4.69, 9.17) is 0 Å². The van der Waals surface area contributed by atoms with Crippen LogP contribution in [0.4, 0.5) is 5.82 Å². The van der Waals surface area contributed by atoms with E-state index in [0.717, 1.165) is 59.5 Å². The van der Waals surface area contributed by atoms with E-state index in [1.54, 1.807) is 0 Å². The lowest BCUT2D eigenvalue weighted by atomic mass is 9.74. The van der Waals surface area contributed by atoms with Crippen molar-refractivity contribution >= 4 is 16.7 Å². The second-order valence-corrected chi connectivity index (χ2v) is 7.57. The molecule has 0 atom stereocenters. The number of hydrogen-bond acceptors (Lipinski definition) is 4. The van der Waals surface area contributed by atoms with Crippen molar-refractivity contribution in [2.75, 3.05) is 18.0 Å². The van der Waals surface area contributed by atoms with Crippen molar-refractivity contribution < 1.29 is 0 Å². The van der Waals surface area contributed by atoms with Crippen LogP contribution < -0.4 is 4.90 Å². The largest absolute Gasteiger partial charge is 0.356 e. The van der Waals surface area contributed by atoms with Crippen molar-refractivity contribution in [1.29, 1.82) is 5.26 Å². The molecule has 0 spiro atoms. The molecule has 0 radical (unpaired) electrons. The zero-order valence-corrected chi connectivity index (χ0v) is 16.0. The molecule has 29 heavy (non-hydrogen) atoms. The molecule has 3 heterocycles. The highest BCUT2D eigenvalue weighted by atomic mass is 15.2. The number of nitrogens with zero attached hydrogens (tertiary/aromatic N) is 4. The molecule has 0 unspecified atom stereocenters. The summed E-state index contributed by atoms with van der Waals surface area (Å²) in [5.74, 6) is 0.939. The Hall–Kier alpha value is -3.65. The summed E-state index contributed by atoms with van der Waals surface area (Å²) in [5.41, 5.74) is 3.73. The maximum absolute atomic E-state index is 9.93. The minimum atomic E-state index is -0.409. The van der Waals surface area contributed by atoms with Gasteiger partial charge in [0.25, 0.3) is 0 Å². The van der Waals surface area contributed by atoms with E-state index >= 15 is 0 Å². The lowest BCUT2D eigenvalue weighted by Gasteiger charge is -2.38. The van der Waals surface area contributed by atoms with Crippen molar-refractivity contribution in [3.05, 3.63) is 78.5 Å². The third-order valence-electron chi connectivity index (χ3n) is 5.97. The van der Waals surface area contributed by atoms with Crippen molar-refractivity contribution in [2.24, 2.45) is 0 Å². The Kier molecular flexibility index (Phi) is 4.25. The first-order chi connectivity index (χ1) is 14.3. The number of H-pyrrole nitrogens is 1. The molecule has 142 valence electrons. The molecule has 5 heteroatoms. The molecule has 0 saturated carbocycles. The maximum Gasteiger partial charge on any atom is 0.129 e. The SMILES string of the molecule is N#CC1(c2ccccc2)CCN(c2cc(-c3n[nH]c4ccccc34)ccn2)CC1. The maximum atomic E-state index is 9.93. The van der Waals surface area contributed by atoms with Gasteiger partial charge in [0, 0.05) is 30.2 Å². The molecule has 0 amide bonds. The molecule has 2 aromatic carbocycles. The molecule has 2 aromatic heterocycles. The van der Waals surface area contributed by atoms with Gasteiger partial charge >= 0.3 is 0 Å². The standard InChI is InChI=1S/C24H21N5/c25-17-24(19-6-2-1-3-7-19)11-14-29(15-12-24)22-16-18(10-13-26-22)23-20-8-4-5-9-21(20)27-28-23/h1-10,13,16H,11-12,14-15H2,(H,27,28). The van der Waals surface area contributed by atoms with Crippen LogP contribution in [0.3, 0.4) is 0 Å². The summed E-state index contributed by atoms with van der Waals surface area (Å²) >= 11 is 0. The van der Waals surface area contributed by atoms with Gasteiger partial charge in [-0.25, -0.2) is 4.98 Å². The first-order valence-corrected chi connectivity index (χ1v) is 9.90. The number of pyridine rings is 1. The van der Waals surface area contributed by atoms with E-state index in [2.05, 4.69) is 50.4 Å². The lowest BCUT2D eigenvalue weighted by Crippen LogP contribution is -2.42. The number of piperidine rings is 1. The molecular formula is C24H21N5. The summed E-state index contributed by atoms with van der Waals surface area (Å²) in [6.45, 7) is 1.61. The van der Waals surface area contributed by atoms with E-state index in [1.807, 2.05) is 48.7 Å². The number of aromatic amines is 1. The van der Waals surface area contributed by atoms with Crippen molar-refractivity contribution in [1.82, 2.24) is 15.2 Å². The highest BCUT2D eigenvalue weighted by molar-refractivity contribution is 5.93. The van der Waals surface area contributed by atoms with Crippen LogP contribution in [-0.4, -0.2) is 28.3 Å². The zero-order chi connectivity index (χ0) is 19.7. The van der Waals surface area contributed by atoms with Crippen LogP contribution in [0.5, 0.6) is 0 Å². The minimum Gasteiger partial charge on any atom is -0.356 e. The summed E-state index contributed by atoms with van der Waals surface area (Å²) in [5, 5.41) is 18.6. The predicted molar refractivity (Wildman–Crippen MR) is 115 cm³/mol. The van der Waals surface area contributed by atoms with Crippen LogP contribution >= 0.6 is 0 Å². The van der Waals surface area contributed by atoms with Gasteiger partial charge in [0.05, 0.1) is 17.0 Å². The third-order valence-corrected chi connectivity index (χ3v) is 5.97. The van der Waals surface area contributed by atoms with E-state index in [9.17, 15) is 5.26 Å².